The Morgan fingerprint density at radius 1 is 1.12 bits per heavy atom. The maximum Gasteiger partial charge on any atom is 0.584 e. The molecule has 0 fully saturated rings. The Kier molecular flexibility index (Phi) is 5.21. The van der Waals surface area contributed by atoms with Crippen molar-refractivity contribution in [2.45, 2.75) is 6.54 Å². The van der Waals surface area contributed by atoms with Gasteiger partial charge in [0.15, 0.2) is 12.7 Å². The molecule has 0 spiro atoms. The van der Waals surface area contributed by atoms with Gasteiger partial charge in [-0.05, 0) is 30.3 Å². The second kappa shape index (κ2) is 7.36. The summed E-state index contributed by atoms with van der Waals surface area (Å²) in [6.07, 6.45) is 1.96. The molecule has 5 nitrogen and oxygen atoms in total. The van der Waals surface area contributed by atoms with Crippen molar-refractivity contribution in [3.8, 4) is 11.5 Å². The SMILES string of the molecule is O=P(O)(Oc1cccc(Cl)c1)Oc1cccc(C[n+]2ccsc2)c1. The fourth-order valence-electron chi connectivity index (χ4n) is 2.07. The van der Waals surface area contributed by atoms with E-state index in [4.69, 9.17) is 20.6 Å². The molecule has 2 aromatic carbocycles. The summed E-state index contributed by atoms with van der Waals surface area (Å²) in [6.45, 7) is 0.644. The van der Waals surface area contributed by atoms with Gasteiger partial charge in [0.1, 0.15) is 11.5 Å². The van der Waals surface area contributed by atoms with E-state index in [1.807, 2.05) is 27.7 Å². The molecule has 3 rings (SSSR count). The normalized spacial score (nSPS) is 13.2. The van der Waals surface area contributed by atoms with Crippen LogP contribution in [0.15, 0.2) is 65.6 Å². The monoisotopic (exact) mass is 382 g/mol. The molecular weight excluding hydrogens is 369 g/mol. The molecule has 1 unspecified atom stereocenters. The van der Waals surface area contributed by atoms with E-state index in [2.05, 4.69) is 0 Å². The number of rotatable bonds is 6. The Labute approximate surface area is 148 Å². The standard InChI is InChI=1S/C16H13ClNO4PS/c17-14-4-2-6-16(10-14)22-23(19,20)21-15-5-1-3-13(9-15)11-18-7-8-24-12-18/h1-10,12H,11H2/p+1. The van der Waals surface area contributed by atoms with E-state index in [0.29, 0.717) is 11.6 Å². The van der Waals surface area contributed by atoms with Crippen LogP contribution in [0.1, 0.15) is 5.56 Å². The number of halogens is 1. The smallest absolute Gasteiger partial charge is 0.395 e. The van der Waals surface area contributed by atoms with Crippen LogP contribution in [0.3, 0.4) is 0 Å². The van der Waals surface area contributed by atoms with Crippen molar-refractivity contribution < 1.29 is 23.1 Å². The lowest BCUT2D eigenvalue weighted by molar-refractivity contribution is -0.683. The Morgan fingerprint density at radius 2 is 1.83 bits per heavy atom. The third-order valence-corrected chi connectivity index (χ3v) is 4.82. The van der Waals surface area contributed by atoms with E-state index in [-0.39, 0.29) is 11.5 Å². The summed E-state index contributed by atoms with van der Waals surface area (Å²) in [5.74, 6) is 0.425. The van der Waals surface area contributed by atoms with Crippen molar-refractivity contribution in [2.24, 2.45) is 0 Å². The van der Waals surface area contributed by atoms with Crippen LogP contribution < -0.4 is 13.6 Å². The first-order chi connectivity index (χ1) is 11.5. The van der Waals surface area contributed by atoms with Crippen molar-refractivity contribution in [2.75, 3.05) is 0 Å². The summed E-state index contributed by atoms with van der Waals surface area (Å²) in [5.41, 5.74) is 2.92. The van der Waals surface area contributed by atoms with Crippen LogP contribution >= 0.6 is 30.8 Å². The molecule has 0 aliphatic heterocycles. The number of nitrogens with zero attached hydrogens (tertiary/aromatic N) is 1. The number of phosphoric ester groups is 1. The lowest BCUT2D eigenvalue weighted by Gasteiger charge is -2.14. The Bertz CT molecular complexity index is 872. The molecule has 8 heteroatoms. The average Bonchev–Trinajstić information content (AvgIpc) is 2.99. The van der Waals surface area contributed by atoms with Crippen molar-refractivity contribution in [1.29, 1.82) is 0 Å². The molecule has 124 valence electrons. The predicted molar refractivity (Wildman–Crippen MR) is 92.6 cm³/mol. The molecule has 24 heavy (non-hydrogen) atoms. The van der Waals surface area contributed by atoms with Gasteiger partial charge < -0.3 is 9.05 Å². The first-order valence-corrected chi connectivity index (χ1v) is 9.79. The van der Waals surface area contributed by atoms with E-state index >= 15 is 0 Å². The van der Waals surface area contributed by atoms with Crippen LogP contribution in [-0.2, 0) is 11.1 Å². The second-order valence-corrected chi connectivity index (χ2v) is 7.45. The van der Waals surface area contributed by atoms with Crippen molar-refractivity contribution >= 4 is 30.8 Å². The van der Waals surface area contributed by atoms with Gasteiger partial charge in [0.2, 0.25) is 5.51 Å². The molecule has 1 atom stereocenters. The maximum absolute atomic E-state index is 12.2. The van der Waals surface area contributed by atoms with E-state index in [0.717, 1.165) is 5.56 Å². The third kappa shape index (κ3) is 4.82. The maximum atomic E-state index is 12.2. The first kappa shape index (κ1) is 17.0. The number of thiazole rings is 1. The highest BCUT2D eigenvalue weighted by atomic mass is 35.5. The summed E-state index contributed by atoms with van der Waals surface area (Å²) in [4.78, 5) is 9.92. The summed E-state index contributed by atoms with van der Waals surface area (Å²) in [6, 6.07) is 13.2. The minimum absolute atomic E-state index is 0.165. The zero-order chi connectivity index (χ0) is 17.0. The molecule has 1 heterocycles. The Morgan fingerprint density at radius 3 is 2.50 bits per heavy atom. The summed E-state index contributed by atoms with van der Waals surface area (Å²) >= 11 is 7.42. The highest BCUT2D eigenvalue weighted by Gasteiger charge is 2.25. The van der Waals surface area contributed by atoms with E-state index in [1.54, 1.807) is 41.7 Å². The fraction of sp³-hybridized carbons (Fsp3) is 0.0625. The first-order valence-electron chi connectivity index (χ1n) is 6.98. The van der Waals surface area contributed by atoms with Gasteiger partial charge >= 0.3 is 7.82 Å². The third-order valence-electron chi connectivity index (χ3n) is 3.03. The Balaban J connectivity index is 1.71. The van der Waals surface area contributed by atoms with Gasteiger partial charge in [-0.3, -0.25) is 4.89 Å². The lowest BCUT2D eigenvalue weighted by atomic mass is 10.2. The van der Waals surface area contributed by atoms with Crippen molar-refractivity contribution in [1.82, 2.24) is 0 Å². The topological polar surface area (TPSA) is 59.6 Å². The highest BCUT2D eigenvalue weighted by Crippen LogP contribution is 2.44. The zero-order valence-corrected chi connectivity index (χ0v) is 14.9. The van der Waals surface area contributed by atoms with Crippen LogP contribution in [-0.4, -0.2) is 4.89 Å². The van der Waals surface area contributed by atoms with Gasteiger partial charge in [0, 0.05) is 10.6 Å². The largest absolute Gasteiger partial charge is 0.584 e. The van der Waals surface area contributed by atoms with Crippen molar-refractivity contribution in [3.63, 3.8) is 0 Å². The van der Waals surface area contributed by atoms with E-state index < -0.39 is 7.82 Å². The van der Waals surface area contributed by atoms with Gasteiger partial charge in [0.05, 0.1) is 5.38 Å². The minimum Gasteiger partial charge on any atom is -0.395 e. The second-order valence-electron chi connectivity index (χ2n) is 4.95. The molecular formula is C16H14ClNO4PS+. The Hall–Kier alpha value is -1.85. The van der Waals surface area contributed by atoms with Crippen LogP contribution in [0, 0.1) is 0 Å². The summed E-state index contributed by atoms with van der Waals surface area (Å²) in [7, 11) is -4.31. The number of aromatic nitrogens is 1. The van der Waals surface area contributed by atoms with Crippen LogP contribution in [0.4, 0.5) is 0 Å². The molecule has 0 saturated heterocycles. The van der Waals surface area contributed by atoms with Gasteiger partial charge in [0.25, 0.3) is 0 Å². The minimum atomic E-state index is -4.31. The predicted octanol–water partition coefficient (Wildman–Crippen LogP) is 4.30. The average molecular weight is 383 g/mol. The van der Waals surface area contributed by atoms with E-state index in [1.165, 1.54) is 12.1 Å². The molecule has 0 aliphatic carbocycles. The van der Waals surface area contributed by atoms with Crippen LogP contribution in [0.25, 0.3) is 0 Å². The van der Waals surface area contributed by atoms with Gasteiger partial charge in [-0.1, -0.05) is 41.1 Å². The van der Waals surface area contributed by atoms with Crippen LogP contribution in [0.2, 0.25) is 5.02 Å². The summed E-state index contributed by atoms with van der Waals surface area (Å²) < 4.78 is 24.3. The quantitative estimate of drug-likeness (QED) is 0.510. The molecule has 0 amide bonds. The van der Waals surface area contributed by atoms with Crippen molar-refractivity contribution in [3.05, 3.63) is 76.2 Å². The molecule has 0 aliphatic rings. The zero-order valence-electron chi connectivity index (χ0n) is 12.4. The van der Waals surface area contributed by atoms with Gasteiger partial charge in [-0.2, -0.15) is 4.57 Å². The molecule has 0 bridgehead atoms. The highest BCUT2D eigenvalue weighted by molar-refractivity contribution is 7.48. The molecule has 1 N–H and O–H groups in total. The van der Waals surface area contributed by atoms with Gasteiger partial charge in [-0.15, -0.1) is 0 Å². The van der Waals surface area contributed by atoms with E-state index in [9.17, 15) is 9.46 Å². The molecule has 1 aromatic heterocycles. The number of hydrogen-bond acceptors (Lipinski definition) is 4. The lowest BCUT2D eigenvalue weighted by Crippen LogP contribution is -2.30. The number of benzene rings is 2. The molecule has 0 saturated carbocycles. The number of phosphoric acid groups is 1. The summed E-state index contributed by atoms with van der Waals surface area (Å²) in [5, 5.41) is 2.38. The molecule has 0 radical (unpaired) electrons. The fourth-order valence-corrected chi connectivity index (χ4v) is 3.65. The van der Waals surface area contributed by atoms with Crippen LogP contribution in [0.5, 0.6) is 11.5 Å². The molecule has 3 aromatic rings. The number of hydrogen-bond donors (Lipinski definition) is 1. The van der Waals surface area contributed by atoms with Gasteiger partial charge in [-0.25, -0.2) is 4.57 Å².